The van der Waals surface area contributed by atoms with Crippen LogP contribution in [-0.2, 0) is 9.47 Å². The zero-order valence-corrected chi connectivity index (χ0v) is 11.7. The van der Waals surface area contributed by atoms with E-state index in [1.165, 1.54) is 26.4 Å². The van der Waals surface area contributed by atoms with Crippen molar-refractivity contribution in [2.75, 3.05) is 32.7 Å². The Morgan fingerprint density at radius 3 is 2.62 bits per heavy atom. The summed E-state index contributed by atoms with van der Waals surface area (Å²) < 4.78 is 23.5. The average molecular weight is 300 g/mol. The van der Waals surface area contributed by atoms with Crippen LogP contribution in [0.1, 0.15) is 10.4 Å². The molecule has 2 amide bonds. The van der Waals surface area contributed by atoms with Crippen molar-refractivity contribution in [3.05, 3.63) is 29.6 Å². The molecular formula is C13H17FN2O5. The highest BCUT2D eigenvalue weighted by Crippen LogP contribution is 2.15. The molecule has 0 aliphatic carbocycles. The summed E-state index contributed by atoms with van der Waals surface area (Å²) in [6.07, 6.45) is -0.319. The molecular weight excluding hydrogens is 283 g/mol. The van der Waals surface area contributed by atoms with E-state index in [0.717, 1.165) is 6.07 Å². The Morgan fingerprint density at radius 1 is 1.38 bits per heavy atom. The predicted molar refractivity (Wildman–Crippen MR) is 73.1 cm³/mol. The Kier molecular flexibility index (Phi) is 6.57. The van der Waals surface area contributed by atoms with Crippen molar-refractivity contribution >= 4 is 17.7 Å². The highest BCUT2D eigenvalue weighted by atomic mass is 19.1. The van der Waals surface area contributed by atoms with Crippen LogP contribution in [0.4, 0.5) is 14.9 Å². The molecule has 0 radical (unpaired) electrons. The number of hydrogen-bond acceptors (Lipinski definition) is 4. The van der Waals surface area contributed by atoms with Gasteiger partial charge in [0.2, 0.25) is 0 Å². The third-order valence-electron chi connectivity index (χ3n) is 2.64. The lowest BCUT2D eigenvalue weighted by atomic mass is 10.2. The normalized spacial score (nSPS) is 11.8. The van der Waals surface area contributed by atoms with Crippen molar-refractivity contribution in [3.8, 4) is 0 Å². The molecule has 1 atom stereocenters. The molecule has 3 N–H and O–H groups in total. The minimum Gasteiger partial charge on any atom is -0.478 e. The van der Waals surface area contributed by atoms with Crippen LogP contribution < -0.4 is 10.6 Å². The van der Waals surface area contributed by atoms with Crippen LogP contribution in [0.15, 0.2) is 18.2 Å². The van der Waals surface area contributed by atoms with Gasteiger partial charge in [-0.15, -0.1) is 0 Å². The zero-order chi connectivity index (χ0) is 15.8. The molecule has 0 saturated heterocycles. The lowest BCUT2D eigenvalue weighted by molar-refractivity contribution is 0.0307. The minimum atomic E-state index is -1.24. The van der Waals surface area contributed by atoms with Gasteiger partial charge in [-0.05, 0) is 18.2 Å². The van der Waals surface area contributed by atoms with Crippen molar-refractivity contribution in [2.24, 2.45) is 0 Å². The Bertz CT molecular complexity index is 509. The van der Waals surface area contributed by atoms with E-state index in [4.69, 9.17) is 14.6 Å². The molecule has 0 aromatic heterocycles. The van der Waals surface area contributed by atoms with Gasteiger partial charge in [0.25, 0.3) is 0 Å². The summed E-state index contributed by atoms with van der Waals surface area (Å²) in [5, 5.41) is 13.5. The largest absolute Gasteiger partial charge is 0.478 e. The second-order valence-electron chi connectivity index (χ2n) is 4.15. The topological polar surface area (TPSA) is 96.9 Å². The van der Waals surface area contributed by atoms with Crippen LogP contribution in [0.5, 0.6) is 0 Å². The van der Waals surface area contributed by atoms with Gasteiger partial charge in [0.1, 0.15) is 5.82 Å². The first-order chi connectivity index (χ1) is 9.97. The number of benzene rings is 1. The molecule has 0 aliphatic heterocycles. The van der Waals surface area contributed by atoms with Gasteiger partial charge in [0.15, 0.2) is 0 Å². The molecule has 116 valence electrons. The van der Waals surface area contributed by atoms with Gasteiger partial charge in [-0.25, -0.2) is 14.0 Å². The summed E-state index contributed by atoms with van der Waals surface area (Å²) in [5.41, 5.74) is -0.309. The second-order valence-corrected chi connectivity index (χ2v) is 4.15. The monoisotopic (exact) mass is 300 g/mol. The number of halogens is 1. The summed E-state index contributed by atoms with van der Waals surface area (Å²) in [6.45, 7) is 0.490. The van der Waals surface area contributed by atoms with Crippen LogP contribution >= 0.6 is 0 Å². The third-order valence-corrected chi connectivity index (χ3v) is 2.64. The maximum Gasteiger partial charge on any atom is 0.335 e. The molecule has 8 heteroatoms. The fourth-order valence-corrected chi connectivity index (χ4v) is 1.52. The molecule has 7 nitrogen and oxygen atoms in total. The zero-order valence-electron chi connectivity index (χ0n) is 11.7. The number of carboxylic acid groups (broad SMARTS) is 1. The molecule has 0 heterocycles. The van der Waals surface area contributed by atoms with Crippen molar-refractivity contribution < 1.29 is 28.6 Å². The molecule has 0 spiro atoms. The van der Waals surface area contributed by atoms with E-state index in [9.17, 15) is 14.0 Å². The molecule has 1 unspecified atom stereocenters. The molecule has 0 bridgehead atoms. The summed E-state index contributed by atoms with van der Waals surface area (Å²) in [6, 6.07) is 2.58. The van der Waals surface area contributed by atoms with E-state index in [-0.39, 0.29) is 23.9 Å². The molecule has 1 aromatic carbocycles. The number of ether oxygens (including phenoxy) is 2. The van der Waals surface area contributed by atoms with Gasteiger partial charge in [-0.1, -0.05) is 0 Å². The first-order valence-electron chi connectivity index (χ1n) is 6.07. The Hall–Kier alpha value is -2.19. The highest BCUT2D eigenvalue weighted by molar-refractivity contribution is 5.91. The van der Waals surface area contributed by atoms with Crippen LogP contribution in [0.25, 0.3) is 0 Å². The number of carbonyl (C=O) groups is 2. The first-order valence-corrected chi connectivity index (χ1v) is 6.07. The minimum absolute atomic E-state index is 0.113. The summed E-state index contributed by atoms with van der Waals surface area (Å²) in [7, 11) is 2.99. The van der Waals surface area contributed by atoms with Crippen molar-refractivity contribution in [3.63, 3.8) is 0 Å². The lowest BCUT2D eigenvalue weighted by Crippen LogP contribution is -2.38. The van der Waals surface area contributed by atoms with Crippen molar-refractivity contribution in [2.45, 2.75) is 6.10 Å². The Balaban J connectivity index is 2.57. The standard InChI is InChI=1S/C13H17FN2O5/c1-20-7-9(21-2)6-15-13(19)16-11-4-3-8(12(17)18)5-10(11)14/h3-5,9H,6-7H2,1-2H3,(H,17,18)(H2,15,16,19). The van der Waals surface area contributed by atoms with Gasteiger partial charge >= 0.3 is 12.0 Å². The van der Waals surface area contributed by atoms with Crippen LogP contribution in [0, 0.1) is 5.82 Å². The van der Waals surface area contributed by atoms with Crippen LogP contribution in [0.3, 0.4) is 0 Å². The number of nitrogens with one attached hydrogen (secondary N) is 2. The average Bonchev–Trinajstić information content (AvgIpc) is 2.45. The number of hydrogen-bond donors (Lipinski definition) is 3. The number of methoxy groups -OCH3 is 2. The number of amides is 2. The number of anilines is 1. The Morgan fingerprint density at radius 2 is 2.10 bits per heavy atom. The fourth-order valence-electron chi connectivity index (χ4n) is 1.52. The summed E-state index contributed by atoms with van der Waals surface area (Å²) >= 11 is 0. The molecule has 21 heavy (non-hydrogen) atoms. The Labute approximate surface area is 121 Å². The van der Waals surface area contributed by atoms with Gasteiger partial charge in [0.05, 0.1) is 24.0 Å². The maximum absolute atomic E-state index is 13.6. The molecule has 1 aromatic rings. The van der Waals surface area contributed by atoms with E-state index in [2.05, 4.69) is 10.6 Å². The van der Waals surface area contributed by atoms with Crippen LogP contribution in [0.2, 0.25) is 0 Å². The smallest absolute Gasteiger partial charge is 0.335 e. The van der Waals surface area contributed by atoms with Gasteiger partial charge in [-0.2, -0.15) is 0 Å². The number of rotatable bonds is 7. The molecule has 0 fully saturated rings. The van der Waals surface area contributed by atoms with E-state index in [1.54, 1.807) is 0 Å². The number of urea groups is 1. The third kappa shape index (κ3) is 5.36. The second kappa shape index (κ2) is 8.18. The van der Waals surface area contributed by atoms with Crippen LogP contribution in [-0.4, -0.2) is 50.6 Å². The molecule has 1 rings (SSSR count). The van der Waals surface area contributed by atoms with E-state index < -0.39 is 17.8 Å². The first kappa shape index (κ1) is 16.9. The fraction of sp³-hybridized carbons (Fsp3) is 0.385. The quantitative estimate of drug-likeness (QED) is 0.705. The summed E-state index contributed by atoms with van der Waals surface area (Å²) in [5.74, 6) is -2.07. The van der Waals surface area contributed by atoms with E-state index >= 15 is 0 Å². The van der Waals surface area contributed by atoms with E-state index in [1.807, 2.05) is 0 Å². The van der Waals surface area contributed by atoms with Gasteiger partial charge in [-0.3, -0.25) is 0 Å². The van der Waals surface area contributed by atoms with Crippen molar-refractivity contribution in [1.82, 2.24) is 5.32 Å². The van der Waals surface area contributed by atoms with Crippen molar-refractivity contribution in [1.29, 1.82) is 0 Å². The predicted octanol–water partition coefficient (Wildman–Crippen LogP) is 1.31. The number of carbonyl (C=O) groups excluding carboxylic acids is 1. The van der Waals surface area contributed by atoms with Gasteiger partial charge in [0, 0.05) is 20.8 Å². The SMILES string of the molecule is COCC(CNC(=O)Nc1ccc(C(=O)O)cc1F)OC. The van der Waals surface area contributed by atoms with Gasteiger partial charge < -0.3 is 25.2 Å². The maximum atomic E-state index is 13.6. The number of carboxylic acids is 1. The molecule has 0 aliphatic rings. The highest BCUT2D eigenvalue weighted by Gasteiger charge is 2.12. The lowest BCUT2D eigenvalue weighted by Gasteiger charge is -2.15. The molecule has 0 saturated carbocycles. The summed E-state index contributed by atoms with van der Waals surface area (Å²) in [4.78, 5) is 22.3. The van der Waals surface area contributed by atoms with E-state index in [0.29, 0.717) is 6.61 Å². The number of aromatic carboxylic acids is 1.